The summed E-state index contributed by atoms with van der Waals surface area (Å²) in [5, 5.41) is 13.0. The van der Waals surface area contributed by atoms with Crippen molar-refractivity contribution in [2.24, 2.45) is 5.92 Å². The fourth-order valence-corrected chi connectivity index (χ4v) is 2.47. The van der Waals surface area contributed by atoms with Crippen molar-refractivity contribution in [2.75, 3.05) is 6.61 Å². The number of aliphatic hydroxyl groups is 1. The van der Waals surface area contributed by atoms with Crippen LogP contribution in [-0.2, 0) is 16.0 Å². The van der Waals surface area contributed by atoms with Crippen molar-refractivity contribution in [3.63, 3.8) is 0 Å². The van der Waals surface area contributed by atoms with Gasteiger partial charge in [-0.1, -0.05) is 37.3 Å². The Morgan fingerprint density at radius 3 is 2.75 bits per heavy atom. The first-order valence-electron chi connectivity index (χ1n) is 7.22. The summed E-state index contributed by atoms with van der Waals surface area (Å²) in [5.74, 6) is 0.128. The third kappa shape index (κ3) is 3.81. The Kier molecular flexibility index (Phi) is 5.15. The van der Waals surface area contributed by atoms with Crippen LogP contribution in [0.3, 0.4) is 0 Å². The predicted molar refractivity (Wildman–Crippen MR) is 77.3 cm³/mol. The summed E-state index contributed by atoms with van der Waals surface area (Å²) < 4.78 is 5.43. The van der Waals surface area contributed by atoms with Crippen molar-refractivity contribution < 1.29 is 14.6 Å². The molecule has 1 aliphatic rings. The highest BCUT2D eigenvalue weighted by atomic mass is 16.5. The Morgan fingerprint density at radius 1 is 1.45 bits per heavy atom. The molecule has 2 N–H and O–H groups in total. The van der Waals surface area contributed by atoms with Crippen LogP contribution in [-0.4, -0.2) is 35.9 Å². The molecule has 1 saturated heterocycles. The number of aliphatic hydroxyl groups excluding tert-OH is 1. The van der Waals surface area contributed by atoms with Gasteiger partial charge in [0.1, 0.15) is 6.10 Å². The molecular weight excluding hydrogens is 254 g/mol. The maximum atomic E-state index is 12.1. The monoisotopic (exact) mass is 277 g/mol. The lowest BCUT2D eigenvalue weighted by atomic mass is 10.0. The molecule has 0 aliphatic carbocycles. The molecule has 0 bridgehead atoms. The van der Waals surface area contributed by atoms with Crippen LogP contribution in [0.5, 0.6) is 0 Å². The maximum Gasteiger partial charge on any atom is 0.249 e. The molecule has 1 amide bonds. The number of ether oxygens (including phenoxy) is 1. The molecular formula is C16H23NO3. The first kappa shape index (κ1) is 15.0. The highest BCUT2D eigenvalue weighted by molar-refractivity contribution is 5.81. The summed E-state index contributed by atoms with van der Waals surface area (Å²) in [7, 11) is 0. The summed E-state index contributed by atoms with van der Waals surface area (Å²) in [4.78, 5) is 12.1. The molecule has 1 heterocycles. The van der Waals surface area contributed by atoms with Gasteiger partial charge in [0.15, 0.2) is 0 Å². The predicted octanol–water partition coefficient (Wildman–Crippen LogP) is 1.52. The quantitative estimate of drug-likeness (QED) is 0.858. The van der Waals surface area contributed by atoms with Gasteiger partial charge in [-0.2, -0.15) is 0 Å². The van der Waals surface area contributed by atoms with Gasteiger partial charge in [-0.05, 0) is 24.8 Å². The number of amides is 1. The van der Waals surface area contributed by atoms with Gasteiger partial charge in [-0.25, -0.2) is 0 Å². The zero-order chi connectivity index (χ0) is 14.5. The molecule has 4 unspecified atom stereocenters. The number of carbonyl (C=O) groups excluding carboxylic acids is 1. The van der Waals surface area contributed by atoms with Gasteiger partial charge in [0.25, 0.3) is 0 Å². The SMILES string of the molecule is CC1CCOC1C(=O)NC(C)C(O)Cc1ccccc1. The van der Waals surface area contributed by atoms with E-state index >= 15 is 0 Å². The molecule has 110 valence electrons. The zero-order valence-electron chi connectivity index (χ0n) is 12.1. The Hall–Kier alpha value is -1.39. The Labute approximate surface area is 120 Å². The van der Waals surface area contributed by atoms with Crippen molar-refractivity contribution in [3.8, 4) is 0 Å². The molecule has 4 nitrogen and oxygen atoms in total. The second-order valence-electron chi connectivity index (χ2n) is 5.61. The van der Waals surface area contributed by atoms with Gasteiger partial charge in [-0.3, -0.25) is 4.79 Å². The second kappa shape index (κ2) is 6.86. The van der Waals surface area contributed by atoms with Gasteiger partial charge < -0.3 is 15.2 Å². The van der Waals surface area contributed by atoms with Crippen LogP contribution in [0.1, 0.15) is 25.8 Å². The summed E-state index contributed by atoms with van der Waals surface area (Å²) in [6.45, 7) is 4.48. The first-order chi connectivity index (χ1) is 9.58. The molecule has 4 atom stereocenters. The number of benzene rings is 1. The lowest BCUT2D eigenvalue weighted by Gasteiger charge is -2.23. The standard InChI is InChI=1S/C16H23NO3/c1-11-8-9-20-15(11)16(19)17-12(2)14(18)10-13-6-4-3-5-7-13/h3-7,11-12,14-15,18H,8-10H2,1-2H3,(H,17,19). The smallest absolute Gasteiger partial charge is 0.249 e. The molecule has 0 aromatic heterocycles. The zero-order valence-corrected chi connectivity index (χ0v) is 12.1. The van der Waals surface area contributed by atoms with Crippen molar-refractivity contribution in [1.82, 2.24) is 5.32 Å². The van der Waals surface area contributed by atoms with E-state index in [0.29, 0.717) is 13.0 Å². The third-order valence-corrected chi connectivity index (χ3v) is 3.88. The Bertz CT molecular complexity index is 435. The maximum absolute atomic E-state index is 12.1. The van der Waals surface area contributed by atoms with E-state index in [2.05, 4.69) is 5.32 Å². The second-order valence-corrected chi connectivity index (χ2v) is 5.61. The number of carbonyl (C=O) groups is 1. The minimum atomic E-state index is -0.599. The molecule has 1 fully saturated rings. The Morgan fingerprint density at radius 2 is 2.15 bits per heavy atom. The summed E-state index contributed by atoms with van der Waals surface area (Å²) in [6, 6.07) is 9.48. The molecule has 20 heavy (non-hydrogen) atoms. The lowest BCUT2D eigenvalue weighted by molar-refractivity contribution is -0.132. The van der Waals surface area contributed by atoms with Crippen LogP contribution in [0, 0.1) is 5.92 Å². The van der Waals surface area contributed by atoms with Crippen LogP contribution in [0.2, 0.25) is 0 Å². The van der Waals surface area contributed by atoms with E-state index in [1.54, 1.807) is 0 Å². The van der Waals surface area contributed by atoms with Crippen LogP contribution in [0.4, 0.5) is 0 Å². The van der Waals surface area contributed by atoms with Crippen molar-refractivity contribution in [2.45, 2.75) is 44.9 Å². The summed E-state index contributed by atoms with van der Waals surface area (Å²) in [6.07, 6.45) is 0.474. The van der Waals surface area contributed by atoms with Crippen molar-refractivity contribution in [1.29, 1.82) is 0 Å². The summed E-state index contributed by atoms with van der Waals surface area (Å²) in [5.41, 5.74) is 1.06. The molecule has 0 radical (unpaired) electrons. The van der Waals surface area contributed by atoms with E-state index in [4.69, 9.17) is 4.74 Å². The molecule has 1 aliphatic heterocycles. The van der Waals surface area contributed by atoms with Gasteiger partial charge >= 0.3 is 0 Å². The van der Waals surface area contributed by atoms with E-state index < -0.39 is 6.10 Å². The molecule has 1 aromatic carbocycles. The van der Waals surface area contributed by atoms with Gasteiger partial charge in [-0.15, -0.1) is 0 Å². The largest absolute Gasteiger partial charge is 0.391 e. The van der Waals surface area contributed by atoms with Crippen LogP contribution in [0.15, 0.2) is 30.3 Å². The summed E-state index contributed by atoms with van der Waals surface area (Å²) >= 11 is 0. The van der Waals surface area contributed by atoms with Crippen LogP contribution >= 0.6 is 0 Å². The van der Waals surface area contributed by atoms with E-state index in [1.807, 2.05) is 44.2 Å². The van der Waals surface area contributed by atoms with E-state index in [0.717, 1.165) is 12.0 Å². The Balaban J connectivity index is 1.84. The van der Waals surface area contributed by atoms with Gasteiger partial charge in [0.2, 0.25) is 5.91 Å². The van der Waals surface area contributed by atoms with E-state index in [1.165, 1.54) is 0 Å². The van der Waals surface area contributed by atoms with Gasteiger partial charge in [0.05, 0.1) is 12.1 Å². The number of rotatable bonds is 5. The number of hydrogen-bond donors (Lipinski definition) is 2. The molecule has 0 spiro atoms. The highest BCUT2D eigenvalue weighted by Crippen LogP contribution is 2.20. The average Bonchev–Trinajstić information content (AvgIpc) is 2.86. The average molecular weight is 277 g/mol. The lowest BCUT2D eigenvalue weighted by Crippen LogP contribution is -2.47. The first-order valence-corrected chi connectivity index (χ1v) is 7.22. The van der Waals surface area contributed by atoms with E-state index in [-0.39, 0.29) is 24.0 Å². The minimum Gasteiger partial charge on any atom is -0.391 e. The van der Waals surface area contributed by atoms with Gasteiger partial charge in [0, 0.05) is 13.0 Å². The molecule has 2 rings (SSSR count). The molecule has 4 heteroatoms. The number of nitrogens with one attached hydrogen (secondary N) is 1. The van der Waals surface area contributed by atoms with Crippen molar-refractivity contribution >= 4 is 5.91 Å². The van der Waals surface area contributed by atoms with Crippen LogP contribution in [0.25, 0.3) is 0 Å². The third-order valence-electron chi connectivity index (χ3n) is 3.88. The topological polar surface area (TPSA) is 58.6 Å². The molecule has 1 aromatic rings. The van der Waals surface area contributed by atoms with Crippen LogP contribution < -0.4 is 5.32 Å². The number of hydrogen-bond acceptors (Lipinski definition) is 3. The normalized spacial score (nSPS) is 25.1. The highest BCUT2D eigenvalue weighted by Gasteiger charge is 2.32. The van der Waals surface area contributed by atoms with Crippen molar-refractivity contribution in [3.05, 3.63) is 35.9 Å². The fraction of sp³-hybridized carbons (Fsp3) is 0.562. The molecule has 0 saturated carbocycles. The minimum absolute atomic E-state index is 0.116. The fourth-order valence-electron chi connectivity index (χ4n) is 2.47. The van der Waals surface area contributed by atoms with E-state index in [9.17, 15) is 9.90 Å².